The van der Waals surface area contributed by atoms with Gasteiger partial charge in [0.05, 0.1) is 6.04 Å². The van der Waals surface area contributed by atoms with Gasteiger partial charge in [-0.05, 0) is 31.1 Å². The summed E-state index contributed by atoms with van der Waals surface area (Å²) in [6, 6.07) is 0.880. The van der Waals surface area contributed by atoms with Gasteiger partial charge in [0.25, 0.3) is 0 Å². The third-order valence-electron chi connectivity index (χ3n) is 4.83. The second kappa shape index (κ2) is 5.82. The highest BCUT2D eigenvalue weighted by Crippen LogP contribution is 2.39. The largest absolute Gasteiger partial charge is 0.338 e. The first-order valence-corrected chi connectivity index (χ1v) is 7.98. The van der Waals surface area contributed by atoms with Crippen LogP contribution >= 0.6 is 0 Å². The summed E-state index contributed by atoms with van der Waals surface area (Å²) >= 11 is 0. The lowest BCUT2D eigenvalue weighted by molar-refractivity contribution is -0.143. The first-order valence-electron chi connectivity index (χ1n) is 7.98. The summed E-state index contributed by atoms with van der Waals surface area (Å²) in [6.07, 6.45) is 7.18. The fourth-order valence-corrected chi connectivity index (χ4v) is 3.82. The Labute approximate surface area is 118 Å². The molecule has 1 amide bonds. The van der Waals surface area contributed by atoms with Crippen molar-refractivity contribution in [1.29, 1.82) is 0 Å². The summed E-state index contributed by atoms with van der Waals surface area (Å²) in [6.45, 7) is 9.88. The van der Waals surface area contributed by atoms with Gasteiger partial charge in [-0.25, -0.2) is 0 Å². The molecule has 2 rings (SSSR count). The quantitative estimate of drug-likeness (QED) is 0.852. The minimum absolute atomic E-state index is 0.0477. The second-order valence-electron chi connectivity index (χ2n) is 7.30. The lowest BCUT2D eigenvalue weighted by atomic mass is 9.72. The van der Waals surface area contributed by atoms with E-state index in [4.69, 9.17) is 0 Å². The fraction of sp³-hybridized carbons (Fsp3) is 0.938. The van der Waals surface area contributed by atoms with Crippen molar-refractivity contribution in [1.82, 2.24) is 10.2 Å². The number of nitrogens with one attached hydrogen (secondary N) is 1. The zero-order valence-electron chi connectivity index (χ0n) is 13.0. The molecule has 0 aromatic carbocycles. The zero-order chi connectivity index (χ0) is 14.0. The molecule has 110 valence electrons. The monoisotopic (exact) mass is 266 g/mol. The number of amides is 1. The summed E-state index contributed by atoms with van der Waals surface area (Å²) < 4.78 is 0. The second-order valence-corrected chi connectivity index (χ2v) is 7.30. The minimum atomic E-state index is 0.0477. The highest BCUT2D eigenvalue weighted by molar-refractivity contribution is 5.83. The van der Waals surface area contributed by atoms with Gasteiger partial charge >= 0.3 is 0 Å². The molecule has 0 spiro atoms. The standard InChI is InChI=1S/C16H30N2O/c1-12(2)17-13-8-7-11-18(15(13)19)14-9-5-6-10-16(14,3)4/h12-14,17H,5-11H2,1-4H3. The van der Waals surface area contributed by atoms with E-state index in [9.17, 15) is 4.79 Å². The SMILES string of the molecule is CC(C)NC1CCCN(C2CCCCC2(C)C)C1=O. The van der Waals surface area contributed by atoms with Gasteiger partial charge in [-0.2, -0.15) is 0 Å². The molecule has 1 aliphatic carbocycles. The molecule has 1 saturated carbocycles. The Balaban J connectivity index is 2.08. The predicted molar refractivity (Wildman–Crippen MR) is 79.0 cm³/mol. The number of rotatable bonds is 3. The van der Waals surface area contributed by atoms with E-state index in [1.54, 1.807) is 0 Å². The van der Waals surface area contributed by atoms with Gasteiger partial charge in [0.15, 0.2) is 0 Å². The molecule has 2 unspecified atom stereocenters. The van der Waals surface area contributed by atoms with Crippen LogP contribution in [0.4, 0.5) is 0 Å². The smallest absolute Gasteiger partial charge is 0.239 e. The van der Waals surface area contributed by atoms with Crippen LogP contribution in [0.3, 0.4) is 0 Å². The van der Waals surface area contributed by atoms with Crippen LogP contribution in [0, 0.1) is 5.41 Å². The Morgan fingerprint density at radius 3 is 2.58 bits per heavy atom. The van der Waals surface area contributed by atoms with E-state index in [2.05, 4.69) is 37.9 Å². The zero-order valence-corrected chi connectivity index (χ0v) is 13.0. The number of carbonyl (C=O) groups is 1. The molecule has 0 radical (unpaired) electrons. The van der Waals surface area contributed by atoms with Crippen molar-refractivity contribution in [3.63, 3.8) is 0 Å². The molecule has 2 atom stereocenters. The van der Waals surface area contributed by atoms with Crippen molar-refractivity contribution in [2.24, 2.45) is 5.41 Å². The molecular formula is C16H30N2O. The number of piperidine rings is 1. The molecule has 3 heteroatoms. The molecule has 19 heavy (non-hydrogen) atoms. The topological polar surface area (TPSA) is 32.3 Å². The number of hydrogen-bond donors (Lipinski definition) is 1. The van der Waals surface area contributed by atoms with Crippen molar-refractivity contribution in [2.45, 2.75) is 84.3 Å². The van der Waals surface area contributed by atoms with Crippen LogP contribution in [0.15, 0.2) is 0 Å². The third kappa shape index (κ3) is 3.31. The van der Waals surface area contributed by atoms with Crippen molar-refractivity contribution in [3.05, 3.63) is 0 Å². The van der Waals surface area contributed by atoms with Crippen molar-refractivity contribution < 1.29 is 4.79 Å². The Bertz CT molecular complexity index is 325. The van der Waals surface area contributed by atoms with E-state index in [0.29, 0.717) is 18.0 Å². The molecule has 1 saturated heterocycles. The van der Waals surface area contributed by atoms with Gasteiger partial charge in [0.2, 0.25) is 5.91 Å². The molecule has 0 aromatic heterocycles. The molecule has 0 bridgehead atoms. The molecule has 1 heterocycles. The normalized spacial score (nSPS) is 31.8. The first-order chi connectivity index (χ1) is 8.92. The Morgan fingerprint density at radius 2 is 1.95 bits per heavy atom. The van der Waals surface area contributed by atoms with Crippen LogP contribution in [-0.4, -0.2) is 35.5 Å². The van der Waals surface area contributed by atoms with Gasteiger partial charge in [-0.3, -0.25) is 4.79 Å². The molecule has 2 fully saturated rings. The fourth-order valence-electron chi connectivity index (χ4n) is 3.82. The van der Waals surface area contributed by atoms with Crippen molar-refractivity contribution in [3.8, 4) is 0 Å². The lowest BCUT2D eigenvalue weighted by Crippen LogP contribution is -2.59. The summed E-state index contributed by atoms with van der Waals surface area (Å²) in [4.78, 5) is 14.9. The van der Waals surface area contributed by atoms with E-state index >= 15 is 0 Å². The van der Waals surface area contributed by atoms with Crippen LogP contribution in [-0.2, 0) is 4.79 Å². The maximum Gasteiger partial charge on any atom is 0.239 e. The first kappa shape index (κ1) is 14.8. The van der Waals surface area contributed by atoms with Crippen molar-refractivity contribution in [2.75, 3.05) is 6.54 Å². The summed E-state index contributed by atoms with van der Waals surface area (Å²) in [5.41, 5.74) is 0.285. The summed E-state index contributed by atoms with van der Waals surface area (Å²) in [7, 11) is 0. The van der Waals surface area contributed by atoms with Gasteiger partial charge in [0, 0.05) is 18.6 Å². The van der Waals surface area contributed by atoms with E-state index in [0.717, 1.165) is 19.4 Å². The van der Waals surface area contributed by atoms with E-state index in [-0.39, 0.29) is 11.5 Å². The molecule has 1 N–H and O–H groups in total. The predicted octanol–water partition coefficient (Wildman–Crippen LogP) is 2.94. The highest BCUT2D eigenvalue weighted by Gasteiger charge is 2.41. The summed E-state index contributed by atoms with van der Waals surface area (Å²) in [5, 5.41) is 3.44. The average molecular weight is 266 g/mol. The molecule has 3 nitrogen and oxygen atoms in total. The Kier molecular flexibility index (Phi) is 4.54. The minimum Gasteiger partial charge on any atom is -0.338 e. The number of likely N-dealkylation sites (tertiary alicyclic amines) is 1. The third-order valence-corrected chi connectivity index (χ3v) is 4.83. The van der Waals surface area contributed by atoms with E-state index in [1.165, 1.54) is 25.7 Å². The van der Waals surface area contributed by atoms with Gasteiger partial charge < -0.3 is 10.2 Å². The molecule has 0 aromatic rings. The van der Waals surface area contributed by atoms with Gasteiger partial charge in [0.1, 0.15) is 0 Å². The Morgan fingerprint density at radius 1 is 1.21 bits per heavy atom. The Hall–Kier alpha value is -0.570. The van der Waals surface area contributed by atoms with E-state index < -0.39 is 0 Å². The van der Waals surface area contributed by atoms with Crippen LogP contribution in [0.2, 0.25) is 0 Å². The lowest BCUT2D eigenvalue weighted by Gasteiger charge is -2.48. The maximum atomic E-state index is 12.7. The van der Waals surface area contributed by atoms with Crippen LogP contribution in [0.5, 0.6) is 0 Å². The molecule has 2 aliphatic rings. The van der Waals surface area contributed by atoms with Crippen LogP contribution in [0.1, 0.15) is 66.2 Å². The number of hydrogen-bond acceptors (Lipinski definition) is 2. The van der Waals surface area contributed by atoms with Crippen LogP contribution in [0.25, 0.3) is 0 Å². The molecular weight excluding hydrogens is 236 g/mol. The number of carbonyl (C=O) groups excluding carboxylic acids is 1. The van der Waals surface area contributed by atoms with Gasteiger partial charge in [-0.1, -0.05) is 40.5 Å². The average Bonchev–Trinajstić information content (AvgIpc) is 2.31. The summed E-state index contributed by atoms with van der Waals surface area (Å²) in [5.74, 6) is 0.347. The van der Waals surface area contributed by atoms with E-state index in [1.807, 2.05) is 0 Å². The molecule has 1 aliphatic heterocycles. The van der Waals surface area contributed by atoms with Crippen molar-refractivity contribution >= 4 is 5.91 Å². The highest BCUT2D eigenvalue weighted by atomic mass is 16.2. The van der Waals surface area contributed by atoms with Crippen LogP contribution < -0.4 is 5.32 Å². The maximum absolute atomic E-state index is 12.7. The van der Waals surface area contributed by atoms with Gasteiger partial charge in [-0.15, -0.1) is 0 Å². The number of nitrogens with zero attached hydrogens (tertiary/aromatic N) is 1.